The minimum Gasteiger partial charge on any atom is -0.480 e. The van der Waals surface area contributed by atoms with Gasteiger partial charge in [-0.25, -0.2) is 0 Å². The summed E-state index contributed by atoms with van der Waals surface area (Å²) in [7, 11) is 0. The average molecular weight is 281 g/mol. The Balaban J connectivity index is 2.17. The van der Waals surface area contributed by atoms with Gasteiger partial charge in [0.05, 0.1) is 6.54 Å². The maximum absolute atomic E-state index is 11.6. The molecule has 2 heterocycles. The van der Waals surface area contributed by atoms with Crippen molar-refractivity contribution in [2.75, 3.05) is 6.54 Å². The Labute approximate surface area is 119 Å². The van der Waals surface area contributed by atoms with Crippen molar-refractivity contribution in [1.82, 2.24) is 15.1 Å². The van der Waals surface area contributed by atoms with Crippen molar-refractivity contribution >= 4 is 5.97 Å². The van der Waals surface area contributed by atoms with E-state index in [0.717, 1.165) is 13.0 Å². The molecule has 0 bridgehead atoms. The first-order valence-electron chi connectivity index (χ1n) is 7.11. The summed E-state index contributed by atoms with van der Waals surface area (Å²) in [6.07, 6.45) is 2.15. The number of carboxylic acids is 1. The summed E-state index contributed by atoms with van der Waals surface area (Å²) in [6.45, 7) is 9.10. The van der Waals surface area contributed by atoms with Gasteiger partial charge in [-0.15, -0.1) is 10.2 Å². The van der Waals surface area contributed by atoms with Gasteiger partial charge in [-0.1, -0.05) is 27.7 Å². The standard InChI is InChI=1S/C14H23N3O3/c1-5-14(12(18)19)7-6-8-17(14)9-10-15-16-11(20-10)13(2,3)4/h5-9H2,1-4H3,(H,18,19). The van der Waals surface area contributed by atoms with Crippen LogP contribution in [0.4, 0.5) is 0 Å². The summed E-state index contributed by atoms with van der Waals surface area (Å²) in [4.78, 5) is 13.6. The molecule has 1 aromatic heterocycles. The number of likely N-dealkylation sites (tertiary alicyclic amines) is 1. The first-order chi connectivity index (χ1) is 9.29. The molecule has 1 atom stereocenters. The number of hydrogen-bond acceptors (Lipinski definition) is 5. The smallest absolute Gasteiger partial charge is 0.324 e. The van der Waals surface area contributed by atoms with Gasteiger partial charge < -0.3 is 9.52 Å². The van der Waals surface area contributed by atoms with E-state index in [4.69, 9.17) is 4.42 Å². The molecule has 1 aliphatic heterocycles. The lowest BCUT2D eigenvalue weighted by atomic mass is 9.93. The summed E-state index contributed by atoms with van der Waals surface area (Å²) in [5, 5.41) is 17.6. The summed E-state index contributed by atoms with van der Waals surface area (Å²) in [5.74, 6) is 0.327. The molecule has 1 aromatic rings. The minimum absolute atomic E-state index is 0.190. The van der Waals surface area contributed by atoms with E-state index in [-0.39, 0.29) is 5.41 Å². The average Bonchev–Trinajstić information content (AvgIpc) is 2.96. The molecule has 0 aliphatic carbocycles. The third-order valence-electron chi connectivity index (χ3n) is 4.04. The summed E-state index contributed by atoms with van der Waals surface area (Å²) >= 11 is 0. The van der Waals surface area contributed by atoms with Crippen molar-refractivity contribution in [3.63, 3.8) is 0 Å². The Morgan fingerprint density at radius 3 is 2.65 bits per heavy atom. The SMILES string of the molecule is CCC1(C(=O)O)CCCN1Cc1nnc(C(C)(C)C)o1. The van der Waals surface area contributed by atoms with Crippen LogP contribution < -0.4 is 0 Å². The Bertz CT molecular complexity index is 492. The summed E-state index contributed by atoms with van der Waals surface area (Å²) in [6, 6.07) is 0. The van der Waals surface area contributed by atoms with Gasteiger partial charge in [-0.05, 0) is 25.8 Å². The van der Waals surface area contributed by atoms with Crippen molar-refractivity contribution in [2.45, 2.75) is 64.5 Å². The maximum atomic E-state index is 11.6. The molecule has 1 saturated heterocycles. The Morgan fingerprint density at radius 2 is 2.15 bits per heavy atom. The molecular weight excluding hydrogens is 258 g/mol. The van der Waals surface area contributed by atoms with E-state index < -0.39 is 11.5 Å². The molecule has 0 amide bonds. The molecule has 1 unspecified atom stereocenters. The van der Waals surface area contributed by atoms with Gasteiger partial charge in [-0.3, -0.25) is 9.69 Å². The zero-order chi connectivity index (χ0) is 15.0. The Kier molecular flexibility index (Phi) is 3.86. The highest BCUT2D eigenvalue weighted by Crippen LogP contribution is 2.34. The topological polar surface area (TPSA) is 79.5 Å². The van der Waals surface area contributed by atoms with Crippen LogP contribution in [0, 0.1) is 0 Å². The van der Waals surface area contributed by atoms with Crippen LogP contribution >= 0.6 is 0 Å². The number of carbonyl (C=O) groups is 1. The number of aromatic nitrogens is 2. The number of rotatable bonds is 4. The van der Waals surface area contributed by atoms with Crippen LogP contribution in [-0.2, 0) is 16.8 Å². The fourth-order valence-electron chi connectivity index (χ4n) is 2.74. The summed E-state index contributed by atoms with van der Waals surface area (Å²) in [5.41, 5.74) is -0.971. The molecule has 0 saturated carbocycles. The van der Waals surface area contributed by atoms with E-state index in [1.54, 1.807) is 0 Å². The van der Waals surface area contributed by atoms with Gasteiger partial charge in [0.1, 0.15) is 5.54 Å². The van der Waals surface area contributed by atoms with Gasteiger partial charge in [0, 0.05) is 5.41 Å². The highest BCUT2D eigenvalue weighted by atomic mass is 16.4. The fourth-order valence-corrected chi connectivity index (χ4v) is 2.74. The summed E-state index contributed by atoms with van der Waals surface area (Å²) < 4.78 is 5.67. The van der Waals surface area contributed by atoms with E-state index >= 15 is 0 Å². The van der Waals surface area contributed by atoms with Crippen LogP contribution in [0.15, 0.2) is 4.42 Å². The van der Waals surface area contributed by atoms with E-state index in [0.29, 0.717) is 31.2 Å². The molecule has 0 spiro atoms. The maximum Gasteiger partial charge on any atom is 0.324 e. The first kappa shape index (κ1) is 15.0. The zero-order valence-electron chi connectivity index (χ0n) is 12.6. The van der Waals surface area contributed by atoms with Gasteiger partial charge in [0.15, 0.2) is 0 Å². The predicted octanol–water partition coefficient (Wildman–Crippen LogP) is 2.20. The molecule has 112 valence electrons. The quantitative estimate of drug-likeness (QED) is 0.911. The molecule has 0 aromatic carbocycles. The van der Waals surface area contributed by atoms with Gasteiger partial charge >= 0.3 is 5.97 Å². The Morgan fingerprint density at radius 1 is 1.45 bits per heavy atom. The zero-order valence-corrected chi connectivity index (χ0v) is 12.6. The molecule has 2 rings (SSSR count). The van der Waals surface area contributed by atoms with E-state index in [2.05, 4.69) is 10.2 Å². The van der Waals surface area contributed by atoms with Crippen LogP contribution in [0.25, 0.3) is 0 Å². The largest absolute Gasteiger partial charge is 0.480 e. The second kappa shape index (κ2) is 5.16. The number of nitrogens with zero attached hydrogens (tertiary/aromatic N) is 3. The molecule has 6 heteroatoms. The van der Waals surface area contributed by atoms with Gasteiger partial charge in [0.25, 0.3) is 0 Å². The second-order valence-electron chi connectivity index (χ2n) is 6.47. The van der Waals surface area contributed by atoms with E-state index in [9.17, 15) is 9.90 Å². The van der Waals surface area contributed by atoms with Crippen molar-refractivity contribution in [3.8, 4) is 0 Å². The van der Waals surface area contributed by atoms with Gasteiger partial charge in [0.2, 0.25) is 11.8 Å². The molecule has 0 radical (unpaired) electrons. The number of aliphatic carboxylic acids is 1. The van der Waals surface area contributed by atoms with Crippen molar-refractivity contribution in [2.24, 2.45) is 0 Å². The normalized spacial score (nSPS) is 24.2. The molecule has 1 aliphatic rings. The molecular formula is C14H23N3O3. The van der Waals surface area contributed by atoms with Crippen molar-refractivity contribution in [3.05, 3.63) is 11.8 Å². The molecule has 1 N–H and O–H groups in total. The lowest BCUT2D eigenvalue weighted by molar-refractivity contribution is -0.150. The van der Waals surface area contributed by atoms with Gasteiger partial charge in [-0.2, -0.15) is 0 Å². The van der Waals surface area contributed by atoms with Crippen LogP contribution in [0.1, 0.15) is 58.7 Å². The van der Waals surface area contributed by atoms with Crippen LogP contribution in [-0.4, -0.2) is 38.3 Å². The molecule has 20 heavy (non-hydrogen) atoms. The minimum atomic E-state index is -0.781. The third kappa shape index (κ3) is 2.57. The van der Waals surface area contributed by atoms with Crippen molar-refractivity contribution < 1.29 is 14.3 Å². The van der Waals surface area contributed by atoms with E-state index in [1.165, 1.54) is 0 Å². The van der Waals surface area contributed by atoms with Crippen LogP contribution in [0.5, 0.6) is 0 Å². The highest BCUT2D eigenvalue weighted by molar-refractivity contribution is 5.79. The number of carboxylic acid groups (broad SMARTS) is 1. The number of hydrogen-bond donors (Lipinski definition) is 1. The monoisotopic (exact) mass is 281 g/mol. The van der Waals surface area contributed by atoms with E-state index in [1.807, 2.05) is 32.6 Å². The lowest BCUT2D eigenvalue weighted by Gasteiger charge is -2.32. The van der Waals surface area contributed by atoms with Crippen LogP contribution in [0.2, 0.25) is 0 Å². The Hall–Kier alpha value is -1.43. The second-order valence-corrected chi connectivity index (χ2v) is 6.47. The molecule has 6 nitrogen and oxygen atoms in total. The van der Waals surface area contributed by atoms with Crippen molar-refractivity contribution in [1.29, 1.82) is 0 Å². The lowest BCUT2D eigenvalue weighted by Crippen LogP contribution is -2.49. The molecule has 1 fully saturated rings. The fraction of sp³-hybridized carbons (Fsp3) is 0.786. The third-order valence-corrected chi connectivity index (χ3v) is 4.04. The first-order valence-corrected chi connectivity index (χ1v) is 7.11. The predicted molar refractivity (Wildman–Crippen MR) is 73.3 cm³/mol. The highest BCUT2D eigenvalue weighted by Gasteiger charge is 2.46. The van der Waals surface area contributed by atoms with Crippen LogP contribution in [0.3, 0.4) is 0 Å².